The van der Waals surface area contributed by atoms with Crippen LogP contribution >= 0.6 is 0 Å². The fourth-order valence-electron chi connectivity index (χ4n) is 3.64. The Hall–Kier alpha value is -2.87. The fraction of sp³-hybridized carbons (Fsp3) is 0.522. The zero-order valence-corrected chi connectivity index (χ0v) is 18.8. The first-order valence-electron chi connectivity index (χ1n) is 10.9. The molecule has 1 aliphatic heterocycles. The van der Waals surface area contributed by atoms with Crippen molar-refractivity contribution in [2.24, 2.45) is 0 Å². The summed E-state index contributed by atoms with van der Waals surface area (Å²) >= 11 is 0. The van der Waals surface area contributed by atoms with Crippen molar-refractivity contribution in [2.45, 2.75) is 53.1 Å². The third-order valence-corrected chi connectivity index (χ3v) is 5.52. The number of nitrogens with one attached hydrogen (secondary N) is 1. The Kier molecular flexibility index (Phi) is 7.68. The first kappa shape index (κ1) is 22.8. The average molecular weight is 429 g/mol. The number of hydrogen-bond donors (Lipinski definition) is 1. The van der Waals surface area contributed by atoms with Gasteiger partial charge < -0.3 is 19.4 Å². The van der Waals surface area contributed by atoms with Crippen LogP contribution in [0.3, 0.4) is 0 Å². The molecule has 1 unspecified atom stereocenters. The number of ether oxygens (including phenoxy) is 1. The molecule has 1 aliphatic rings. The summed E-state index contributed by atoms with van der Waals surface area (Å²) in [7, 11) is 0. The van der Waals surface area contributed by atoms with E-state index in [9.17, 15) is 9.59 Å². The minimum atomic E-state index is -0.269. The molecule has 1 aromatic heterocycles. The highest BCUT2D eigenvalue weighted by Gasteiger charge is 2.27. The second kappa shape index (κ2) is 10.4. The molecule has 1 atom stereocenters. The number of hydrogen-bond acceptors (Lipinski definition) is 6. The number of benzene rings is 1. The van der Waals surface area contributed by atoms with Crippen molar-refractivity contribution in [2.75, 3.05) is 31.1 Å². The summed E-state index contributed by atoms with van der Waals surface area (Å²) in [5.41, 5.74) is 1.92. The molecule has 2 amide bonds. The molecule has 1 N–H and O–H groups in total. The smallest absolute Gasteiger partial charge is 0.273 e. The molecule has 0 spiro atoms. The van der Waals surface area contributed by atoms with Crippen LogP contribution in [0.15, 0.2) is 28.9 Å². The van der Waals surface area contributed by atoms with E-state index < -0.39 is 0 Å². The van der Waals surface area contributed by atoms with Gasteiger partial charge in [-0.3, -0.25) is 14.5 Å². The minimum absolute atomic E-state index is 0.0326. The highest BCUT2D eigenvalue weighted by Crippen LogP contribution is 2.33. The third kappa shape index (κ3) is 5.85. The first-order chi connectivity index (χ1) is 14.9. The Morgan fingerprint density at radius 2 is 2.10 bits per heavy atom. The van der Waals surface area contributed by atoms with Crippen molar-refractivity contribution >= 4 is 17.5 Å². The van der Waals surface area contributed by atoms with E-state index in [0.29, 0.717) is 17.3 Å². The van der Waals surface area contributed by atoms with E-state index >= 15 is 0 Å². The van der Waals surface area contributed by atoms with Gasteiger partial charge in [-0.1, -0.05) is 19.9 Å². The number of nitrogens with zero attached hydrogens (tertiary/aromatic N) is 3. The molecule has 8 nitrogen and oxygen atoms in total. The molecule has 2 aromatic rings. The fourth-order valence-corrected chi connectivity index (χ4v) is 3.64. The Labute approximate surface area is 183 Å². The molecule has 168 valence electrons. The lowest BCUT2D eigenvalue weighted by atomic mass is 10.1. The second-order valence-corrected chi connectivity index (χ2v) is 7.91. The predicted molar refractivity (Wildman–Crippen MR) is 118 cm³/mol. The number of oxazole rings is 1. The highest BCUT2D eigenvalue weighted by molar-refractivity contribution is 5.97. The lowest BCUT2D eigenvalue weighted by Gasteiger charge is -2.28. The second-order valence-electron chi connectivity index (χ2n) is 7.91. The molecule has 1 aromatic carbocycles. The van der Waals surface area contributed by atoms with Crippen LogP contribution in [0.4, 0.5) is 5.69 Å². The number of amides is 2. The molecule has 0 bridgehead atoms. The summed E-state index contributed by atoms with van der Waals surface area (Å²) in [6.45, 7) is 11.5. The van der Waals surface area contributed by atoms with Crippen LogP contribution in [0.5, 0.6) is 5.75 Å². The van der Waals surface area contributed by atoms with E-state index in [2.05, 4.69) is 29.0 Å². The van der Waals surface area contributed by atoms with Gasteiger partial charge in [-0.05, 0) is 64.0 Å². The Morgan fingerprint density at radius 1 is 1.32 bits per heavy atom. The van der Waals surface area contributed by atoms with Gasteiger partial charge >= 0.3 is 0 Å². The van der Waals surface area contributed by atoms with E-state index in [1.54, 1.807) is 4.90 Å². The zero-order valence-electron chi connectivity index (χ0n) is 18.8. The molecule has 3 rings (SSSR count). The van der Waals surface area contributed by atoms with E-state index in [0.717, 1.165) is 38.0 Å². The molecule has 2 heterocycles. The topological polar surface area (TPSA) is 87.9 Å². The SMILES string of the molecule is CCN(CC)CCCC(C)NC(=O)c1coc(CN2C(=O)COc3ccc(C)cc32)n1. The van der Waals surface area contributed by atoms with Crippen LogP contribution in [0.1, 0.15) is 55.6 Å². The number of carbonyl (C=O) groups excluding carboxylic acids is 2. The molecule has 0 saturated heterocycles. The summed E-state index contributed by atoms with van der Waals surface area (Å²) in [6.07, 6.45) is 3.26. The Balaban J connectivity index is 1.57. The normalized spacial score (nSPS) is 14.4. The van der Waals surface area contributed by atoms with Gasteiger partial charge in [-0.2, -0.15) is 0 Å². The Morgan fingerprint density at radius 3 is 2.84 bits per heavy atom. The first-order valence-corrected chi connectivity index (χ1v) is 10.9. The number of anilines is 1. The van der Waals surface area contributed by atoms with Crippen LogP contribution in [0, 0.1) is 6.92 Å². The molecule has 0 radical (unpaired) electrons. The number of carbonyl (C=O) groups is 2. The molecule has 31 heavy (non-hydrogen) atoms. The standard InChI is InChI=1S/C23H32N4O4/c1-5-26(6-2)11-7-8-17(4)24-23(29)18-14-31-21(25-18)13-27-19-12-16(3)9-10-20(19)30-15-22(27)28/h9-10,12,14,17H,5-8,11,13,15H2,1-4H3,(H,24,29). The van der Waals surface area contributed by atoms with E-state index in [1.165, 1.54) is 6.26 Å². The third-order valence-electron chi connectivity index (χ3n) is 5.52. The summed E-state index contributed by atoms with van der Waals surface area (Å²) in [5.74, 6) is 0.509. The maximum Gasteiger partial charge on any atom is 0.273 e. The summed E-state index contributed by atoms with van der Waals surface area (Å²) in [4.78, 5) is 33.2. The lowest BCUT2D eigenvalue weighted by molar-refractivity contribution is -0.121. The maximum absolute atomic E-state index is 12.5. The van der Waals surface area contributed by atoms with Gasteiger partial charge in [0.15, 0.2) is 12.3 Å². The summed E-state index contributed by atoms with van der Waals surface area (Å²) < 4.78 is 11.0. The predicted octanol–water partition coefficient (Wildman–Crippen LogP) is 3.15. The number of rotatable bonds is 10. The summed E-state index contributed by atoms with van der Waals surface area (Å²) in [5, 5.41) is 2.97. The van der Waals surface area contributed by atoms with Crippen molar-refractivity contribution in [3.05, 3.63) is 41.6 Å². The maximum atomic E-state index is 12.5. The quantitative estimate of drug-likeness (QED) is 0.625. The van der Waals surface area contributed by atoms with Crippen molar-refractivity contribution in [3.8, 4) is 5.75 Å². The molecular weight excluding hydrogens is 396 g/mol. The lowest BCUT2D eigenvalue weighted by Crippen LogP contribution is -2.38. The number of aromatic nitrogens is 1. The zero-order chi connectivity index (χ0) is 22.4. The van der Waals surface area contributed by atoms with Gasteiger partial charge in [-0.15, -0.1) is 0 Å². The van der Waals surface area contributed by atoms with Crippen LogP contribution < -0.4 is 15.0 Å². The Bertz CT molecular complexity index is 907. The number of aryl methyl sites for hydroxylation is 1. The highest BCUT2D eigenvalue weighted by atomic mass is 16.5. The van der Waals surface area contributed by atoms with Gasteiger partial charge in [-0.25, -0.2) is 4.98 Å². The monoisotopic (exact) mass is 428 g/mol. The van der Waals surface area contributed by atoms with Crippen LogP contribution in [0.2, 0.25) is 0 Å². The van der Waals surface area contributed by atoms with Gasteiger partial charge in [0.05, 0.1) is 5.69 Å². The average Bonchev–Trinajstić information content (AvgIpc) is 3.22. The van der Waals surface area contributed by atoms with E-state index in [-0.39, 0.29) is 36.7 Å². The van der Waals surface area contributed by atoms with Crippen LogP contribution in [0.25, 0.3) is 0 Å². The van der Waals surface area contributed by atoms with Crippen LogP contribution in [-0.2, 0) is 11.3 Å². The van der Waals surface area contributed by atoms with Gasteiger partial charge in [0.1, 0.15) is 18.6 Å². The number of fused-ring (bicyclic) bond motifs is 1. The van der Waals surface area contributed by atoms with E-state index in [1.807, 2.05) is 32.0 Å². The van der Waals surface area contributed by atoms with Gasteiger partial charge in [0.25, 0.3) is 11.8 Å². The van der Waals surface area contributed by atoms with E-state index in [4.69, 9.17) is 9.15 Å². The van der Waals surface area contributed by atoms with Crippen molar-refractivity contribution < 1.29 is 18.7 Å². The molecule has 0 fully saturated rings. The molecule has 0 saturated carbocycles. The molecule has 0 aliphatic carbocycles. The van der Waals surface area contributed by atoms with Gasteiger partial charge in [0, 0.05) is 6.04 Å². The van der Waals surface area contributed by atoms with Crippen molar-refractivity contribution in [1.29, 1.82) is 0 Å². The molecular formula is C23H32N4O4. The summed E-state index contributed by atoms with van der Waals surface area (Å²) in [6, 6.07) is 5.71. The molecule has 8 heteroatoms. The van der Waals surface area contributed by atoms with Crippen molar-refractivity contribution in [1.82, 2.24) is 15.2 Å². The van der Waals surface area contributed by atoms with Crippen LogP contribution in [-0.4, -0.2) is 54.0 Å². The van der Waals surface area contributed by atoms with Crippen molar-refractivity contribution in [3.63, 3.8) is 0 Å². The minimum Gasteiger partial charge on any atom is -0.482 e. The largest absolute Gasteiger partial charge is 0.482 e. The van der Waals surface area contributed by atoms with Gasteiger partial charge in [0.2, 0.25) is 5.89 Å².